The monoisotopic (exact) mass is 255 g/mol. The van der Waals surface area contributed by atoms with Crippen LogP contribution in [0, 0.1) is 12.7 Å². The molecule has 0 spiro atoms. The normalized spacial score (nSPS) is 11.6. The second kappa shape index (κ2) is 4.67. The minimum atomic E-state index is -0.411. The van der Waals surface area contributed by atoms with E-state index in [1.165, 1.54) is 6.07 Å². The smallest absolute Gasteiger partial charge is 0.170 e. The van der Waals surface area contributed by atoms with Crippen molar-refractivity contribution in [1.82, 2.24) is 5.32 Å². The first-order chi connectivity index (χ1) is 7.99. The summed E-state index contributed by atoms with van der Waals surface area (Å²) in [5.74, 6) is 0.348. The molecule has 0 aliphatic carbocycles. The molecule has 0 radical (unpaired) electrons. The summed E-state index contributed by atoms with van der Waals surface area (Å²) in [5, 5.41) is 4.39. The van der Waals surface area contributed by atoms with Gasteiger partial charge in [0.1, 0.15) is 5.76 Å². The molecule has 1 N–H and O–H groups in total. The summed E-state index contributed by atoms with van der Waals surface area (Å²) in [7, 11) is 0. The Labute approximate surface area is 105 Å². The largest absolute Gasteiger partial charge is 0.456 e. The van der Waals surface area contributed by atoms with Crippen LogP contribution in [0.1, 0.15) is 25.2 Å². The minimum Gasteiger partial charge on any atom is -0.456 e. The maximum atomic E-state index is 13.6. The number of furan rings is 1. The lowest BCUT2D eigenvalue weighted by molar-refractivity contribution is 0.473. The number of nitrogens with one attached hydrogen (secondary N) is 1. The van der Waals surface area contributed by atoms with Crippen LogP contribution < -0.4 is 5.32 Å². The Bertz CT molecular complexity index is 548. The summed E-state index contributed by atoms with van der Waals surface area (Å²) in [6, 6.07) is 3.36. The number of aryl methyl sites for hydroxylation is 1. The van der Waals surface area contributed by atoms with E-state index in [2.05, 4.69) is 19.2 Å². The summed E-state index contributed by atoms with van der Waals surface area (Å²) in [4.78, 5) is 0. The van der Waals surface area contributed by atoms with E-state index in [9.17, 15) is 4.39 Å². The Morgan fingerprint density at radius 2 is 2.12 bits per heavy atom. The maximum Gasteiger partial charge on any atom is 0.170 e. The molecule has 4 heteroatoms. The van der Waals surface area contributed by atoms with Gasteiger partial charge in [0.25, 0.3) is 0 Å². The summed E-state index contributed by atoms with van der Waals surface area (Å²) in [6.07, 6.45) is 0. The van der Waals surface area contributed by atoms with Gasteiger partial charge in [-0.15, -0.1) is 0 Å². The first kappa shape index (κ1) is 12.4. The Morgan fingerprint density at radius 1 is 1.41 bits per heavy atom. The maximum absolute atomic E-state index is 13.6. The third kappa shape index (κ3) is 2.45. The van der Waals surface area contributed by atoms with E-state index in [1.54, 1.807) is 6.07 Å². The van der Waals surface area contributed by atoms with Gasteiger partial charge in [0.2, 0.25) is 0 Å². The lowest BCUT2D eigenvalue weighted by Crippen LogP contribution is -2.21. The molecule has 0 aliphatic rings. The van der Waals surface area contributed by atoms with Crippen molar-refractivity contribution in [2.75, 3.05) is 0 Å². The topological polar surface area (TPSA) is 25.2 Å². The van der Waals surface area contributed by atoms with Crippen molar-refractivity contribution in [3.63, 3.8) is 0 Å². The van der Waals surface area contributed by atoms with Crippen LogP contribution in [0.15, 0.2) is 16.5 Å². The van der Waals surface area contributed by atoms with Gasteiger partial charge in [0, 0.05) is 16.5 Å². The average Bonchev–Trinajstić information content (AvgIpc) is 2.54. The molecular formula is C13H15ClFNO. The quantitative estimate of drug-likeness (QED) is 0.896. The molecule has 0 unspecified atom stereocenters. The highest BCUT2D eigenvalue weighted by Crippen LogP contribution is 2.30. The standard InChI is InChI=1S/C13H15ClFNO/c1-7(2)16-6-12-8(3)10-4-9(14)5-11(15)13(10)17-12/h4-5,7,16H,6H2,1-3H3. The zero-order valence-corrected chi connectivity index (χ0v) is 10.9. The van der Waals surface area contributed by atoms with Gasteiger partial charge in [-0.3, -0.25) is 0 Å². The molecule has 92 valence electrons. The first-order valence-corrected chi connectivity index (χ1v) is 5.97. The van der Waals surface area contributed by atoms with Crippen LogP contribution in [-0.2, 0) is 6.54 Å². The van der Waals surface area contributed by atoms with Crippen LogP contribution in [0.25, 0.3) is 11.0 Å². The van der Waals surface area contributed by atoms with Crippen molar-refractivity contribution >= 4 is 22.6 Å². The van der Waals surface area contributed by atoms with E-state index in [4.69, 9.17) is 16.0 Å². The number of rotatable bonds is 3. The van der Waals surface area contributed by atoms with Gasteiger partial charge in [-0.05, 0) is 24.6 Å². The lowest BCUT2D eigenvalue weighted by atomic mass is 10.1. The predicted molar refractivity (Wildman–Crippen MR) is 67.9 cm³/mol. The third-order valence-electron chi connectivity index (χ3n) is 2.73. The molecule has 0 bridgehead atoms. The van der Waals surface area contributed by atoms with Crippen LogP contribution in [0.2, 0.25) is 5.02 Å². The molecule has 0 aliphatic heterocycles. The molecule has 1 heterocycles. The van der Waals surface area contributed by atoms with E-state index in [-0.39, 0.29) is 5.58 Å². The zero-order chi connectivity index (χ0) is 12.6. The van der Waals surface area contributed by atoms with E-state index >= 15 is 0 Å². The Hall–Kier alpha value is -1.06. The van der Waals surface area contributed by atoms with Gasteiger partial charge in [-0.2, -0.15) is 0 Å². The van der Waals surface area contributed by atoms with Crippen molar-refractivity contribution in [1.29, 1.82) is 0 Å². The Morgan fingerprint density at radius 3 is 2.76 bits per heavy atom. The highest BCUT2D eigenvalue weighted by atomic mass is 35.5. The van der Waals surface area contributed by atoms with E-state index in [0.29, 0.717) is 17.6 Å². The number of halogens is 2. The second-order valence-electron chi connectivity index (χ2n) is 4.45. The van der Waals surface area contributed by atoms with Crippen molar-refractivity contribution in [3.05, 3.63) is 34.3 Å². The molecule has 17 heavy (non-hydrogen) atoms. The highest BCUT2D eigenvalue weighted by molar-refractivity contribution is 6.31. The minimum absolute atomic E-state index is 0.285. The van der Waals surface area contributed by atoms with Crippen LogP contribution in [0.3, 0.4) is 0 Å². The summed E-state index contributed by atoms with van der Waals surface area (Å²) >= 11 is 5.84. The van der Waals surface area contributed by atoms with Crippen molar-refractivity contribution in [2.45, 2.75) is 33.4 Å². The van der Waals surface area contributed by atoms with Crippen molar-refractivity contribution in [3.8, 4) is 0 Å². The fourth-order valence-corrected chi connectivity index (χ4v) is 1.96. The van der Waals surface area contributed by atoms with Crippen LogP contribution in [-0.4, -0.2) is 6.04 Å². The Balaban J connectivity index is 2.45. The summed E-state index contributed by atoms with van der Waals surface area (Å²) in [5.41, 5.74) is 1.22. The summed E-state index contributed by atoms with van der Waals surface area (Å²) < 4.78 is 19.2. The van der Waals surface area contributed by atoms with Crippen LogP contribution >= 0.6 is 11.6 Å². The average molecular weight is 256 g/mol. The fourth-order valence-electron chi connectivity index (χ4n) is 1.76. The van der Waals surface area contributed by atoms with Crippen molar-refractivity contribution < 1.29 is 8.81 Å². The molecule has 0 saturated heterocycles. The van der Waals surface area contributed by atoms with E-state index in [0.717, 1.165) is 16.7 Å². The number of fused-ring (bicyclic) bond motifs is 1. The number of benzene rings is 1. The number of hydrogen-bond acceptors (Lipinski definition) is 2. The van der Waals surface area contributed by atoms with E-state index in [1.807, 2.05) is 6.92 Å². The molecule has 1 aromatic carbocycles. The predicted octanol–water partition coefficient (Wildman–Crippen LogP) is 4.03. The molecule has 0 saturated carbocycles. The van der Waals surface area contributed by atoms with Gasteiger partial charge < -0.3 is 9.73 Å². The van der Waals surface area contributed by atoms with Gasteiger partial charge in [-0.1, -0.05) is 25.4 Å². The molecule has 0 atom stereocenters. The van der Waals surface area contributed by atoms with Gasteiger partial charge >= 0.3 is 0 Å². The fraction of sp³-hybridized carbons (Fsp3) is 0.385. The van der Waals surface area contributed by atoms with Gasteiger partial charge in [-0.25, -0.2) is 4.39 Å². The first-order valence-electron chi connectivity index (χ1n) is 5.59. The number of hydrogen-bond donors (Lipinski definition) is 1. The molecule has 2 aromatic rings. The highest BCUT2D eigenvalue weighted by Gasteiger charge is 2.14. The molecule has 2 nitrogen and oxygen atoms in total. The molecular weight excluding hydrogens is 241 g/mol. The second-order valence-corrected chi connectivity index (χ2v) is 4.89. The molecule has 0 amide bonds. The van der Waals surface area contributed by atoms with Crippen LogP contribution in [0.5, 0.6) is 0 Å². The zero-order valence-electron chi connectivity index (χ0n) is 10.1. The van der Waals surface area contributed by atoms with Gasteiger partial charge in [0.05, 0.1) is 6.54 Å². The third-order valence-corrected chi connectivity index (χ3v) is 2.94. The summed E-state index contributed by atoms with van der Waals surface area (Å²) in [6.45, 7) is 6.61. The van der Waals surface area contributed by atoms with E-state index < -0.39 is 5.82 Å². The molecule has 0 fully saturated rings. The molecule has 1 aromatic heterocycles. The SMILES string of the molecule is Cc1c(CNC(C)C)oc2c(F)cc(Cl)cc12. The lowest BCUT2D eigenvalue weighted by Gasteiger charge is -2.05. The Kier molecular flexibility index (Phi) is 3.40. The van der Waals surface area contributed by atoms with Crippen molar-refractivity contribution in [2.24, 2.45) is 0 Å². The van der Waals surface area contributed by atoms with Gasteiger partial charge in [0.15, 0.2) is 11.4 Å². The molecule has 2 rings (SSSR count). The van der Waals surface area contributed by atoms with Crippen LogP contribution in [0.4, 0.5) is 4.39 Å².